The average Bonchev–Trinajstić information content (AvgIpc) is 3.14. The zero-order valence-corrected chi connectivity index (χ0v) is 23.3. The summed E-state index contributed by atoms with van der Waals surface area (Å²) in [6.45, 7) is 2.94. The number of hydrogen-bond donors (Lipinski definition) is 1. The molecule has 174 valence electrons. The standard InChI is InChI=1S/C25H19BrClIN2O3S/c1-2-32-19-9-7-18(8-10-19)29-25-30-24(31)22(34-25)13-16-11-20(26)23(21(27)12-16)33-14-15-3-5-17(28)6-4-15/h3-13H,2,14H2,1H3,(H,29,30,31)/b22-13+. The van der Waals surface area contributed by atoms with E-state index in [1.807, 2.05) is 61.5 Å². The Bertz CT molecular complexity index is 1240. The second-order valence-corrected chi connectivity index (χ2v) is 10.7. The van der Waals surface area contributed by atoms with Gasteiger partial charge in [0.05, 0.1) is 26.7 Å². The summed E-state index contributed by atoms with van der Waals surface area (Å²) in [5.74, 6) is 1.13. The van der Waals surface area contributed by atoms with Gasteiger partial charge in [-0.1, -0.05) is 23.7 Å². The number of amides is 1. The van der Waals surface area contributed by atoms with E-state index >= 15 is 0 Å². The first-order valence-electron chi connectivity index (χ1n) is 10.3. The van der Waals surface area contributed by atoms with Crippen molar-refractivity contribution in [2.45, 2.75) is 13.5 Å². The number of aliphatic imine (C=N–C) groups is 1. The highest BCUT2D eigenvalue weighted by molar-refractivity contribution is 14.1. The quantitative estimate of drug-likeness (QED) is 0.208. The van der Waals surface area contributed by atoms with Gasteiger partial charge in [-0.15, -0.1) is 0 Å². The second-order valence-electron chi connectivity index (χ2n) is 7.14. The molecule has 9 heteroatoms. The van der Waals surface area contributed by atoms with E-state index in [0.717, 1.165) is 22.6 Å². The fraction of sp³-hybridized carbons (Fsp3) is 0.120. The highest BCUT2D eigenvalue weighted by Crippen LogP contribution is 2.37. The summed E-state index contributed by atoms with van der Waals surface area (Å²) in [7, 11) is 0. The van der Waals surface area contributed by atoms with Crippen molar-refractivity contribution >= 4 is 84.7 Å². The fourth-order valence-electron chi connectivity index (χ4n) is 3.07. The van der Waals surface area contributed by atoms with E-state index in [-0.39, 0.29) is 5.91 Å². The van der Waals surface area contributed by atoms with E-state index in [1.165, 1.54) is 15.3 Å². The predicted octanol–water partition coefficient (Wildman–Crippen LogP) is 7.58. The maximum absolute atomic E-state index is 12.5. The molecule has 1 N–H and O–H groups in total. The van der Waals surface area contributed by atoms with Crippen molar-refractivity contribution in [2.75, 3.05) is 6.61 Å². The average molecular weight is 670 g/mol. The number of benzene rings is 3. The fourth-order valence-corrected chi connectivity index (χ4v) is 5.26. The molecular formula is C25H19BrClIN2O3S. The van der Waals surface area contributed by atoms with Crippen LogP contribution < -0.4 is 14.8 Å². The van der Waals surface area contributed by atoms with Crippen molar-refractivity contribution in [1.29, 1.82) is 0 Å². The molecule has 5 nitrogen and oxygen atoms in total. The highest BCUT2D eigenvalue weighted by Gasteiger charge is 2.24. The molecule has 4 rings (SSSR count). The monoisotopic (exact) mass is 668 g/mol. The molecule has 3 aromatic carbocycles. The van der Waals surface area contributed by atoms with E-state index in [2.05, 4.69) is 48.8 Å². The van der Waals surface area contributed by atoms with E-state index < -0.39 is 0 Å². The Labute approximate surface area is 229 Å². The van der Waals surface area contributed by atoms with Gasteiger partial charge in [-0.25, -0.2) is 4.99 Å². The molecule has 0 atom stereocenters. The molecule has 1 saturated heterocycles. The number of halogens is 3. The summed E-state index contributed by atoms with van der Waals surface area (Å²) in [5, 5.41) is 3.77. The number of ether oxygens (including phenoxy) is 2. The van der Waals surface area contributed by atoms with Crippen LogP contribution in [0.4, 0.5) is 5.69 Å². The molecule has 0 bridgehead atoms. The van der Waals surface area contributed by atoms with Crippen LogP contribution in [-0.4, -0.2) is 17.7 Å². The lowest BCUT2D eigenvalue weighted by atomic mass is 10.2. The molecule has 3 aromatic rings. The van der Waals surface area contributed by atoms with Gasteiger partial charge in [-0.05, 0) is 123 Å². The van der Waals surface area contributed by atoms with Crippen LogP contribution in [0, 0.1) is 3.57 Å². The van der Waals surface area contributed by atoms with Crippen LogP contribution in [-0.2, 0) is 11.4 Å². The van der Waals surface area contributed by atoms with Crippen LogP contribution in [0.1, 0.15) is 18.1 Å². The number of nitrogens with one attached hydrogen (secondary N) is 1. The molecule has 1 fully saturated rings. The Balaban J connectivity index is 1.46. The van der Waals surface area contributed by atoms with Crippen molar-refractivity contribution in [2.24, 2.45) is 4.99 Å². The first-order chi connectivity index (χ1) is 16.4. The van der Waals surface area contributed by atoms with Gasteiger partial charge in [0.2, 0.25) is 0 Å². The van der Waals surface area contributed by atoms with Gasteiger partial charge in [0.1, 0.15) is 12.4 Å². The summed E-state index contributed by atoms with van der Waals surface area (Å²) in [6.07, 6.45) is 1.78. The number of thioether (sulfide) groups is 1. The van der Waals surface area contributed by atoms with Crippen LogP contribution >= 0.6 is 61.9 Å². The molecule has 1 amide bonds. The number of hydrogen-bond acceptors (Lipinski definition) is 5. The van der Waals surface area contributed by atoms with Gasteiger partial charge in [-0.2, -0.15) is 0 Å². The minimum absolute atomic E-state index is 0.207. The Morgan fingerprint density at radius 2 is 1.85 bits per heavy atom. The van der Waals surface area contributed by atoms with Crippen molar-refractivity contribution in [1.82, 2.24) is 5.32 Å². The van der Waals surface area contributed by atoms with Crippen molar-refractivity contribution < 1.29 is 14.3 Å². The van der Waals surface area contributed by atoms with Gasteiger partial charge in [-0.3, -0.25) is 4.79 Å². The van der Waals surface area contributed by atoms with Crippen LogP contribution in [0.3, 0.4) is 0 Å². The maximum atomic E-state index is 12.5. The Morgan fingerprint density at radius 1 is 1.12 bits per heavy atom. The highest BCUT2D eigenvalue weighted by atomic mass is 127. The smallest absolute Gasteiger partial charge is 0.264 e. The number of carbonyl (C=O) groups excluding carboxylic acids is 1. The number of carbonyl (C=O) groups is 1. The summed E-state index contributed by atoms with van der Waals surface area (Å²) in [5.41, 5.74) is 2.55. The van der Waals surface area contributed by atoms with Crippen molar-refractivity contribution in [3.63, 3.8) is 0 Å². The number of rotatable bonds is 7. The van der Waals surface area contributed by atoms with Gasteiger partial charge in [0.15, 0.2) is 10.9 Å². The topological polar surface area (TPSA) is 59.9 Å². The molecule has 0 spiro atoms. The summed E-state index contributed by atoms with van der Waals surface area (Å²) in [4.78, 5) is 17.5. The minimum Gasteiger partial charge on any atom is -0.494 e. The first kappa shape index (κ1) is 25.1. The van der Waals surface area contributed by atoms with E-state index in [0.29, 0.717) is 38.5 Å². The molecule has 0 radical (unpaired) electrons. The minimum atomic E-state index is -0.207. The molecule has 0 unspecified atom stereocenters. The van der Waals surface area contributed by atoms with Gasteiger partial charge >= 0.3 is 0 Å². The Kier molecular flexibility index (Phi) is 8.57. The van der Waals surface area contributed by atoms with Crippen LogP contribution in [0.2, 0.25) is 5.02 Å². The van der Waals surface area contributed by atoms with E-state index in [1.54, 1.807) is 12.1 Å². The molecule has 1 aliphatic rings. The molecule has 0 aliphatic carbocycles. The lowest BCUT2D eigenvalue weighted by Gasteiger charge is -2.11. The third kappa shape index (κ3) is 6.56. The van der Waals surface area contributed by atoms with E-state index in [4.69, 9.17) is 21.1 Å². The van der Waals surface area contributed by atoms with Crippen LogP contribution in [0.5, 0.6) is 11.5 Å². The third-order valence-electron chi connectivity index (χ3n) is 4.64. The lowest BCUT2D eigenvalue weighted by Crippen LogP contribution is -2.19. The molecular weight excluding hydrogens is 651 g/mol. The van der Waals surface area contributed by atoms with Crippen LogP contribution in [0.15, 0.2) is 75.0 Å². The third-order valence-corrected chi connectivity index (χ3v) is 7.14. The zero-order valence-electron chi connectivity index (χ0n) is 18.0. The summed E-state index contributed by atoms with van der Waals surface area (Å²) >= 11 is 13.6. The van der Waals surface area contributed by atoms with Gasteiger partial charge in [0.25, 0.3) is 5.91 Å². The predicted molar refractivity (Wildman–Crippen MR) is 151 cm³/mol. The first-order valence-corrected chi connectivity index (χ1v) is 13.4. The largest absolute Gasteiger partial charge is 0.494 e. The summed E-state index contributed by atoms with van der Waals surface area (Å²) < 4.78 is 13.3. The molecule has 1 heterocycles. The molecule has 34 heavy (non-hydrogen) atoms. The van der Waals surface area contributed by atoms with Crippen molar-refractivity contribution in [3.8, 4) is 11.5 Å². The Morgan fingerprint density at radius 3 is 2.53 bits per heavy atom. The SMILES string of the molecule is CCOc1ccc(N=C2NC(=O)/C(=C\c3cc(Cl)c(OCc4ccc(I)cc4)c(Br)c3)S2)cc1. The van der Waals surface area contributed by atoms with Gasteiger partial charge in [0, 0.05) is 3.57 Å². The second kappa shape index (κ2) is 11.6. The maximum Gasteiger partial charge on any atom is 0.264 e. The zero-order chi connectivity index (χ0) is 24.1. The summed E-state index contributed by atoms with van der Waals surface area (Å²) in [6, 6.07) is 19.1. The van der Waals surface area contributed by atoms with Gasteiger partial charge < -0.3 is 14.8 Å². The lowest BCUT2D eigenvalue weighted by molar-refractivity contribution is -0.115. The number of amidine groups is 1. The normalized spacial score (nSPS) is 15.6. The van der Waals surface area contributed by atoms with Crippen LogP contribution in [0.25, 0.3) is 6.08 Å². The number of nitrogens with zero attached hydrogens (tertiary/aromatic N) is 1. The Hall–Kier alpha value is -2.01. The molecule has 0 aromatic heterocycles. The molecule has 0 saturated carbocycles. The van der Waals surface area contributed by atoms with E-state index in [9.17, 15) is 4.79 Å². The van der Waals surface area contributed by atoms with Crippen molar-refractivity contribution in [3.05, 3.63) is 89.8 Å². The molecule has 1 aliphatic heterocycles.